The number of nitrogens with one attached hydrogen (secondary N) is 1. The number of para-hydroxylation sites is 1. The molecule has 0 heterocycles. The molecule has 0 bridgehead atoms. The average Bonchev–Trinajstić information content (AvgIpc) is 2.26. The van der Waals surface area contributed by atoms with Gasteiger partial charge >= 0.3 is 5.69 Å². The molecule has 0 radical (unpaired) electrons. The first-order valence-electron chi connectivity index (χ1n) is 5.63. The van der Waals surface area contributed by atoms with Crippen LogP contribution in [-0.2, 0) is 9.84 Å². The largest absolute Gasteiger partial charge is 0.393 e. The molecule has 0 aliphatic carbocycles. The summed E-state index contributed by atoms with van der Waals surface area (Å²) in [4.78, 5) is 10.00. The topological polar surface area (TPSA) is 110 Å². The Hall–Kier alpha value is -1.67. The standard InChI is InChI=1S/C11H16N2O5S/c1-8(14)6-7-12-9-4-3-5-10(19(2,17)18)11(9)13(15)16/h3-5,8,12,14H,6-7H2,1-2H3. The Kier molecular flexibility index (Phi) is 4.84. The van der Waals surface area contributed by atoms with Gasteiger partial charge < -0.3 is 10.4 Å². The van der Waals surface area contributed by atoms with Gasteiger partial charge in [0.1, 0.15) is 10.6 Å². The number of anilines is 1. The molecule has 0 saturated heterocycles. The van der Waals surface area contributed by atoms with Crippen molar-refractivity contribution in [1.82, 2.24) is 0 Å². The fourth-order valence-electron chi connectivity index (χ4n) is 1.57. The van der Waals surface area contributed by atoms with Crippen molar-refractivity contribution in [3.05, 3.63) is 28.3 Å². The molecule has 0 fully saturated rings. The fourth-order valence-corrected chi connectivity index (χ4v) is 2.43. The van der Waals surface area contributed by atoms with Gasteiger partial charge in [-0.15, -0.1) is 0 Å². The number of hydrogen-bond acceptors (Lipinski definition) is 6. The van der Waals surface area contributed by atoms with Gasteiger partial charge in [0.15, 0.2) is 9.84 Å². The molecule has 1 rings (SSSR count). The van der Waals surface area contributed by atoms with E-state index in [4.69, 9.17) is 5.11 Å². The molecule has 0 aromatic heterocycles. The number of nitrogens with zero attached hydrogens (tertiary/aromatic N) is 1. The van der Waals surface area contributed by atoms with Gasteiger partial charge in [-0.3, -0.25) is 10.1 Å². The lowest BCUT2D eigenvalue weighted by Gasteiger charge is -2.10. The van der Waals surface area contributed by atoms with E-state index in [1.165, 1.54) is 18.2 Å². The molecule has 1 atom stereocenters. The van der Waals surface area contributed by atoms with E-state index < -0.39 is 26.6 Å². The van der Waals surface area contributed by atoms with Crippen LogP contribution in [0.5, 0.6) is 0 Å². The summed E-state index contributed by atoms with van der Waals surface area (Å²) in [6, 6.07) is 4.08. The maximum atomic E-state index is 11.5. The Bertz CT molecular complexity index is 568. The molecule has 0 aliphatic rings. The van der Waals surface area contributed by atoms with Crippen LogP contribution in [0.3, 0.4) is 0 Å². The fraction of sp³-hybridized carbons (Fsp3) is 0.455. The highest BCUT2D eigenvalue weighted by atomic mass is 32.2. The summed E-state index contributed by atoms with van der Waals surface area (Å²) in [7, 11) is -3.67. The normalized spacial score (nSPS) is 13.0. The van der Waals surface area contributed by atoms with Crippen molar-refractivity contribution >= 4 is 21.2 Å². The first-order valence-corrected chi connectivity index (χ1v) is 7.52. The molecular weight excluding hydrogens is 272 g/mol. The molecule has 7 nitrogen and oxygen atoms in total. The second kappa shape index (κ2) is 5.98. The summed E-state index contributed by atoms with van der Waals surface area (Å²) >= 11 is 0. The number of benzene rings is 1. The van der Waals surface area contributed by atoms with Gasteiger partial charge in [-0.25, -0.2) is 8.42 Å². The smallest absolute Gasteiger partial charge is 0.310 e. The molecule has 0 saturated carbocycles. The lowest BCUT2D eigenvalue weighted by atomic mass is 10.2. The van der Waals surface area contributed by atoms with Crippen LogP contribution in [0.4, 0.5) is 11.4 Å². The molecule has 0 aliphatic heterocycles. The first kappa shape index (κ1) is 15.4. The SMILES string of the molecule is CC(O)CCNc1cccc(S(C)(=O)=O)c1[N+](=O)[O-]. The van der Waals surface area contributed by atoms with Crippen LogP contribution in [0.15, 0.2) is 23.1 Å². The average molecular weight is 288 g/mol. The highest BCUT2D eigenvalue weighted by Gasteiger charge is 2.25. The lowest BCUT2D eigenvalue weighted by Crippen LogP contribution is -2.12. The van der Waals surface area contributed by atoms with E-state index in [0.717, 1.165) is 6.26 Å². The van der Waals surface area contributed by atoms with Crippen LogP contribution in [0.1, 0.15) is 13.3 Å². The highest BCUT2D eigenvalue weighted by molar-refractivity contribution is 7.90. The Morgan fingerprint density at radius 3 is 2.58 bits per heavy atom. The summed E-state index contributed by atoms with van der Waals surface area (Å²) in [5.41, 5.74) is -0.329. The number of nitro benzene ring substituents is 1. The third kappa shape index (κ3) is 4.18. The second-order valence-electron chi connectivity index (χ2n) is 4.25. The number of aliphatic hydroxyl groups excluding tert-OH is 1. The molecule has 1 unspecified atom stereocenters. The number of hydrogen-bond donors (Lipinski definition) is 2. The minimum absolute atomic E-state index is 0.133. The summed E-state index contributed by atoms with van der Waals surface area (Å²) < 4.78 is 23.0. The Balaban J connectivity index is 3.15. The third-order valence-corrected chi connectivity index (χ3v) is 3.59. The molecule has 1 aromatic rings. The number of aliphatic hydroxyl groups is 1. The van der Waals surface area contributed by atoms with Gasteiger partial charge in [0.05, 0.1) is 11.0 Å². The van der Waals surface area contributed by atoms with E-state index in [0.29, 0.717) is 13.0 Å². The second-order valence-corrected chi connectivity index (χ2v) is 6.23. The maximum absolute atomic E-state index is 11.5. The predicted molar refractivity (Wildman–Crippen MR) is 71.0 cm³/mol. The van der Waals surface area contributed by atoms with Crippen LogP contribution in [0, 0.1) is 10.1 Å². The Morgan fingerprint density at radius 2 is 2.11 bits per heavy atom. The summed E-state index contributed by atoms with van der Waals surface area (Å²) in [5, 5.41) is 22.9. The monoisotopic (exact) mass is 288 g/mol. The Morgan fingerprint density at radius 1 is 1.47 bits per heavy atom. The van der Waals surface area contributed by atoms with Crippen molar-refractivity contribution in [2.45, 2.75) is 24.3 Å². The predicted octanol–water partition coefficient (Wildman–Crippen LogP) is 1.18. The van der Waals surface area contributed by atoms with E-state index in [-0.39, 0.29) is 10.6 Å². The highest BCUT2D eigenvalue weighted by Crippen LogP contribution is 2.31. The lowest BCUT2D eigenvalue weighted by molar-refractivity contribution is -0.386. The van der Waals surface area contributed by atoms with Crippen LogP contribution < -0.4 is 5.32 Å². The first-order chi connectivity index (χ1) is 8.73. The molecule has 19 heavy (non-hydrogen) atoms. The number of nitro groups is 1. The van der Waals surface area contributed by atoms with Gasteiger partial charge in [0, 0.05) is 12.8 Å². The van der Waals surface area contributed by atoms with E-state index in [1.807, 2.05) is 0 Å². The quantitative estimate of drug-likeness (QED) is 0.601. The number of rotatable bonds is 6. The summed E-state index contributed by atoms with van der Waals surface area (Å²) in [6.07, 6.45) is 0.791. The van der Waals surface area contributed by atoms with E-state index in [9.17, 15) is 18.5 Å². The van der Waals surface area contributed by atoms with E-state index >= 15 is 0 Å². The van der Waals surface area contributed by atoms with Crippen molar-refractivity contribution in [1.29, 1.82) is 0 Å². The zero-order chi connectivity index (χ0) is 14.6. The van der Waals surface area contributed by atoms with Crippen molar-refractivity contribution in [2.24, 2.45) is 0 Å². The molecule has 106 valence electrons. The van der Waals surface area contributed by atoms with Crippen molar-refractivity contribution in [3.63, 3.8) is 0 Å². The van der Waals surface area contributed by atoms with Crippen molar-refractivity contribution in [2.75, 3.05) is 18.1 Å². The van der Waals surface area contributed by atoms with Crippen molar-refractivity contribution < 1.29 is 18.4 Å². The minimum atomic E-state index is -3.67. The minimum Gasteiger partial charge on any atom is -0.393 e. The summed E-state index contributed by atoms with van der Waals surface area (Å²) in [6.45, 7) is 1.91. The van der Waals surface area contributed by atoms with Gasteiger partial charge in [0.2, 0.25) is 0 Å². The molecular formula is C11H16N2O5S. The van der Waals surface area contributed by atoms with Gasteiger partial charge in [-0.05, 0) is 25.5 Å². The van der Waals surface area contributed by atoms with Crippen LogP contribution in [0.2, 0.25) is 0 Å². The van der Waals surface area contributed by atoms with Gasteiger partial charge in [0.25, 0.3) is 0 Å². The van der Waals surface area contributed by atoms with E-state index in [2.05, 4.69) is 5.32 Å². The molecule has 2 N–H and O–H groups in total. The van der Waals surface area contributed by atoms with Crippen LogP contribution >= 0.6 is 0 Å². The molecule has 0 amide bonds. The zero-order valence-electron chi connectivity index (χ0n) is 10.7. The molecule has 0 spiro atoms. The van der Waals surface area contributed by atoms with Crippen LogP contribution in [0.25, 0.3) is 0 Å². The third-order valence-electron chi connectivity index (χ3n) is 2.46. The van der Waals surface area contributed by atoms with Crippen LogP contribution in [-0.4, -0.2) is 37.4 Å². The van der Waals surface area contributed by atoms with Gasteiger partial charge in [-0.1, -0.05) is 6.07 Å². The maximum Gasteiger partial charge on any atom is 0.310 e. The van der Waals surface area contributed by atoms with E-state index in [1.54, 1.807) is 6.92 Å². The molecule has 1 aromatic carbocycles. The number of sulfone groups is 1. The molecule has 8 heteroatoms. The zero-order valence-corrected chi connectivity index (χ0v) is 11.5. The Labute approximate surface area is 111 Å². The van der Waals surface area contributed by atoms with Crippen molar-refractivity contribution in [3.8, 4) is 0 Å². The van der Waals surface area contributed by atoms with Gasteiger partial charge in [-0.2, -0.15) is 0 Å². The summed E-state index contributed by atoms with van der Waals surface area (Å²) in [5.74, 6) is 0.